The second-order valence-corrected chi connectivity index (χ2v) is 5.27. The lowest BCUT2D eigenvalue weighted by Crippen LogP contribution is -1.99. The Balaban J connectivity index is 2.01. The van der Waals surface area contributed by atoms with E-state index >= 15 is 0 Å². The van der Waals surface area contributed by atoms with Crippen LogP contribution in [-0.2, 0) is 6.61 Å². The highest BCUT2D eigenvalue weighted by molar-refractivity contribution is 7.98. The highest BCUT2D eigenvalue weighted by atomic mass is 32.2. The fourth-order valence-corrected chi connectivity index (χ4v) is 2.44. The summed E-state index contributed by atoms with van der Waals surface area (Å²) in [7, 11) is 0. The number of aryl methyl sites for hydroxylation is 1. The van der Waals surface area contributed by atoms with E-state index in [4.69, 9.17) is 9.84 Å². The van der Waals surface area contributed by atoms with Crippen molar-refractivity contribution in [1.82, 2.24) is 0 Å². The molecular weight excluding hydrogens is 272 g/mol. The number of carboxylic acid groups (broad SMARTS) is 1. The average molecular weight is 288 g/mol. The summed E-state index contributed by atoms with van der Waals surface area (Å²) in [5.74, 6) is -0.0941. The molecule has 0 saturated heterocycles. The van der Waals surface area contributed by atoms with Gasteiger partial charge in [0.25, 0.3) is 0 Å². The minimum Gasteiger partial charge on any atom is -0.489 e. The smallest absolute Gasteiger partial charge is 0.335 e. The van der Waals surface area contributed by atoms with Crippen LogP contribution in [0.2, 0.25) is 0 Å². The summed E-state index contributed by atoms with van der Waals surface area (Å²) in [5, 5.41) is 8.83. The van der Waals surface area contributed by atoms with Crippen LogP contribution < -0.4 is 4.74 Å². The van der Waals surface area contributed by atoms with Crippen molar-refractivity contribution in [3.05, 3.63) is 59.2 Å². The molecule has 0 radical (unpaired) electrons. The van der Waals surface area contributed by atoms with Gasteiger partial charge < -0.3 is 9.84 Å². The molecule has 0 aliphatic heterocycles. The Morgan fingerprint density at radius 2 is 1.90 bits per heavy atom. The van der Waals surface area contributed by atoms with E-state index in [2.05, 4.69) is 6.92 Å². The van der Waals surface area contributed by atoms with Gasteiger partial charge in [0.1, 0.15) is 12.4 Å². The number of thioether (sulfide) groups is 1. The molecule has 104 valence electrons. The lowest BCUT2D eigenvalue weighted by Gasteiger charge is -2.09. The Morgan fingerprint density at radius 3 is 2.45 bits per heavy atom. The van der Waals surface area contributed by atoms with Gasteiger partial charge in [-0.2, -0.15) is 0 Å². The molecule has 0 amide bonds. The first-order chi connectivity index (χ1) is 9.60. The molecule has 3 nitrogen and oxygen atoms in total. The van der Waals surface area contributed by atoms with Gasteiger partial charge in [-0.05, 0) is 54.6 Å². The molecule has 0 fully saturated rings. The second-order valence-electron chi connectivity index (χ2n) is 4.42. The molecule has 0 unspecified atom stereocenters. The van der Waals surface area contributed by atoms with E-state index in [0.717, 1.165) is 11.3 Å². The molecule has 0 aromatic heterocycles. The van der Waals surface area contributed by atoms with Gasteiger partial charge in [-0.1, -0.05) is 12.1 Å². The predicted molar refractivity (Wildman–Crippen MR) is 80.7 cm³/mol. The van der Waals surface area contributed by atoms with Crippen molar-refractivity contribution in [2.75, 3.05) is 6.26 Å². The molecule has 4 heteroatoms. The minimum atomic E-state index is -0.916. The number of carbonyl (C=O) groups is 1. The normalized spacial score (nSPS) is 10.3. The average Bonchev–Trinajstić information content (AvgIpc) is 2.45. The molecule has 0 atom stereocenters. The highest BCUT2D eigenvalue weighted by Gasteiger charge is 2.03. The highest BCUT2D eigenvalue weighted by Crippen LogP contribution is 2.24. The molecule has 0 aliphatic carbocycles. The Labute approximate surface area is 122 Å². The lowest BCUT2D eigenvalue weighted by atomic mass is 10.1. The first kappa shape index (κ1) is 14.5. The zero-order valence-corrected chi connectivity index (χ0v) is 12.2. The van der Waals surface area contributed by atoms with Gasteiger partial charge in [-0.15, -0.1) is 11.8 Å². The molecule has 2 rings (SSSR count). The first-order valence-corrected chi connectivity index (χ1v) is 7.42. The Morgan fingerprint density at radius 1 is 1.20 bits per heavy atom. The van der Waals surface area contributed by atoms with Gasteiger partial charge >= 0.3 is 5.97 Å². The maximum atomic E-state index is 10.8. The van der Waals surface area contributed by atoms with Gasteiger partial charge in [0.2, 0.25) is 0 Å². The largest absolute Gasteiger partial charge is 0.489 e. The van der Waals surface area contributed by atoms with Crippen LogP contribution in [0.1, 0.15) is 21.5 Å². The third kappa shape index (κ3) is 3.54. The van der Waals surface area contributed by atoms with E-state index in [1.165, 1.54) is 10.5 Å². The molecule has 20 heavy (non-hydrogen) atoms. The molecular formula is C16H16O3S. The van der Waals surface area contributed by atoms with Crippen LogP contribution in [0, 0.1) is 6.92 Å². The lowest BCUT2D eigenvalue weighted by molar-refractivity contribution is 0.0697. The van der Waals surface area contributed by atoms with Crippen molar-refractivity contribution in [2.45, 2.75) is 18.4 Å². The van der Waals surface area contributed by atoms with Crippen LogP contribution in [0.5, 0.6) is 5.75 Å². The van der Waals surface area contributed by atoms with Crippen LogP contribution >= 0.6 is 11.8 Å². The summed E-state index contributed by atoms with van der Waals surface area (Å²) < 4.78 is 5.72. The molecule has 0 aliphatic rings. The number of hydrogen-bond donors (Lipinski definition) is 1. The number of hydrogen-bond acceptors (Lipinski definition) is 3. The quantitative estimate of drug-likeness (QED) is 0.845. The third-order valence-corrected chi connectivity index (χ3v) is 3.87. The Kier molecular flexibility index (Phi) is 4.69. The number of ether oxygens (including phenoxy) is 1. The van der Waals surface area contributed by atoms with Crippen molar-refractivity contribution in [3.63, 3.8) is 0 Å². The van der Waals surface area contributed by atoms with Crippen molar-refractivity contribution in [2.24, 2.45) is 0 Å². The monoisotopic (exact) mass is 288 g/mol. The van der Waals surface area contributed by atoms with E-state index < -0.39 is 5.97 Å². The fraction of sp³-hybridized carbons (Fsp3) is 0.188. The molecule has 1 N–H and O–H groups in total. The van der Waals surface area contributed by atoms with Crippen molar-refractivity contribution in [3.8, 4) is 5.75 Å². The molecule has 2 aromatic carbocycles. The topological polar surface area (TPSA) is 46.5 Å². The van der Waals surface area contributed by atoms with Gasteiger partial charge in [0.05, 0.1) is 5.56 Å². The van der Waals surface area contributed by atoms with Crippen molar-refractivity contribution in [1.29, 1.82) is 0 Å². The summed E-state index contributed by atoms with van der Waals surface area (Å²) >= 11 is 1.71. The van der Waals surface area contributed by atoms with Crippen LogP contribution in [-0.4, -0.2) is 17.3 Å². The van der Waals surface area contributed by atoms with Crippen LogP contribution in [0.3, 0.4) is 0 Å². The zero-order chi connectivity index (χ0) is 14.5. The predicted octanol–water partition coefficient (Wildman–Crippen LogP) is 3.99. The number of benzene rings is 2. The molecule has 2 aromatic rings. The van der Waals surface area contributed by atoms with Crippen LogP contribution in [0.15, 0.2) is 47.4 Å². The Bertz CT molecular complexity index is 606. The number of carboxylic acids is 1. The van der Waals surface area contributed by atoms with Crippen LogP contribution in [0.25, 0.3) is 0 Å². The standard InChI is InChI=1S/C16H16O3S/c1-11-9-14(7-8-15(11)20-2)19-10-12-3-5-13(6-4-12)16(17)18/h3-9H,10H2,1-2H3,(H,17,18). The van der Waals surface area contributed by atoms with Crippen LogP contribution in [0.4, 0.5) is 0 Å². The first-order valence-electron chi connectivity index (χ1n) is 6.20. The molecule has 0 bridgehead atoms. The zero-order valence-electron chi connectivity index (χ0n) is 11.4. The van der Waals surface area contributed by atoms with Gasteiger partial charge in [-0.25, -0.2) is 4.79 Å². The summed E-state index contributed by atoms with van der Waals surface area (Å²) in [4.78, 5) is 12.0. The van der Waals surface area contributed by atoms with E-state index in [-0.39, 0.29) is 5.56 Å². The van der Waals surface area contributed by atoms with Crippen molar-refractivity contribution >= 4 is 17.7 Å². The summed E-state index contributed by atoms with van der Waals surface area (Å²) in [5.41, 5.74) is 2.42. The molecule has 0 saturated carbocycles. The number of rotatable bonds is 5. The minimum absolute atomic E-state index is 0.286. The van der Waals surface area contributed by atoms with Gasteiger partial charge in [-0.3, -0.25) is 0 Å². The van der Waals surface area contributed by atoms with E-state index in [1.54, 1.807) is 36.0 Å². The van der Waals surface area contributed by atoms with Gasteiger partial charge in [0.15, 0.2) is 0 Å². The molecule has 0 spiro atoms. The van der Waals surface area contributed by atoms with E-state index in [1.807, 2.05) is 24.5 Å². The third-order valence-electron chi connectivity index (χ3n) is 2.97. The summed E-state index contributed by atoms with van der Waals surface area (Å²) in [6.45, 7) is 2.48. The Hall–Kier alpha value is -1.94. The SMILES string of the molecule is CSc1ccc(OCc2ccc(C(=O)O)cc2)cc1C. The van der Waals surface area contributed by atoms with E-state index in [0.29, 0.717) is 6.61 Å². The number of aromatic carboxylic acids is 1. The second kappa shape index (κ2) is 6.48. The maximum absolute atomic E-state index is 10.8. The van der Waals surface area contributed by atoms with Crippen molar-refractivity contribution < 1.29 is 14.6 Å². The maximum Gasteiger partial charge on any atom is 0.335 e. The molecule has 0 heterocycles. The summed E-state index contributed by atoms with van der Waals surface area (Å²) in [6, 6.07) is 12.7. The van der Waals surface area contributed by atoms with Gasteiger partial charge in [0, 0.05) is 4.90 Å². The van der Waals surface area contributed by atoms with E-state index in [9.17, 15) is 4.79 Å². The summed E-state index contributed by atoms with van der Waals surface area (Å²) in [6.07, 6.45) is 2.05. The fourth-order valence-electron chi connectivity index (χ4n) is 1.85.